The fourth-order valence-electron chi connectivity index (χ4n) is 2.21. The Hall–Kier alpha value is -1.67. The molecule has 1 N–H and O–H groups in total. The maximum absolute atomic E-state index is 6.11. The number of rotatable bonds is 6. The van der Waals surface area contributed by atoms with Gasteiger partial charge in [0.1, 0.15) is 11.9 Å². The van der Waals surface area contributed by atoms with E-state index in [9.17, 15) is 0 Å². The second-order valence-corrected chi connectivity index (χ2v) is 5.89. The van der Waals surface area contributed by atoms with Crippen LogP contribution in [0.4, 0.5) is 5.69 Å². The lowest BCUT2D eigenvalue weighted by Crippen LogP contribution is -2.23. The van der Waals surface area contributed by atoms with E-state index < -0.39 is 0 Å². The molecule has 0 aliphatic carbocycles. The zero-order chi connectivity index (χ0) is 15.2. The Morgan fingerprint density at radius 1 is 1.00 bits per heavy atom. The molecule has 0 aliphatic rings. The highest BCUT2D eigenvalue weighted by Gasteiger charge is 2.09. The summed E-state index contributed by atoms with van der Waals surface area (Å²) in [6.07, 6.45) is 0.0325. The highest BCUT2D eigenvalue weighted by molar-refractivity contribution is 6.32. The van der Waals surface area contributed by atoms with Gasteiger partial charge in [0.15, 0.2) is 0 Å². The fraction of sp³-hybridized carbons (Fsp3) is 0.333. The second-order valence-electron chi connectivity index (χ2n) is 5.48. The molecule has 0 saturated carbocycles. The Morgan fingerprint density at radius 3 is 2.38 bits per heavy atom. The van der Waals surface area contributed by atoms with Crippen LogP contribution in [0.2, 0.25) is 5.02 Å². The van der Waals surface area contributed by atoms with Gasteiger partial charge in [-0.3, -0.25) is 0 Å². The molecule has 0 spiro atoms. The van der Waals surface area contributed by atoms with Gasteiger partial charge in [0.2, 0.25) is 0 Å². The first-order chi connectivity index (χ1) is 10.1. The number of ether oxygens (including phenoxy) is 1. The number of anilines is 1. The van der Waals surface area contributed by atoms with Crippen LogP contribution in [0.15, 0.2) is 48.5 Å². The molecule has 21 heavy (non-hydrogen) atoms. The van der Waals surface area contributed by atoms with Crippen molar-refractivity contribution in [3.05, 3.63) is 59.1 Å². The SMILES string of the molecule is CC(C)c1ccccc1NC[C@@H](C)Oc1ccccc1Cl. The standard InChI is InChI=1S/C18H22ClNO/c1-13(2)15-8-4-6-10-17(15)20-12-14(3)21-18-11-7-5-9-16(18)19/h4-11,13-14,20H,12H2,1-3H3/t14-/m1/s1. The lowest BCUT2D eigenvalue weighted by atomic mass is 10.0. The topological polar surface area (TPSA) is 21.3 Å². The monoisotopic (exact) mass is 303 g/mol. The van der Waals surface area contributed by atoms with Gasteiger partial charge in [0.05, 0.1) is 11.6 Å². The third-order valence-corrected chi connectivity index (χ3v) is 3.64. The van der Waals surface area contributed by atoms with E-state index in [-0.39, 0.29) is 6.10 Å². The highest BCUT2D eigenvalue weighted by Crippen LogP contribution is 2.25. The van der Waals surface area contributed by atoms with Crippen LogP contribution in [0, 0.1) is 0 Å². The van der Waals surface area contributed by atoms with Gasteiger partial charge in [0.25, 0.3) is 0 Å². The van der Waals surface area contributed by atoms with Gasteiger partial charge in [-0.25, -0.2) is 0 Å². The summed E-state index contributed by atoms with van der Waals surface area (Å²) in [5.74, 6) is 1.22. The van der Waals surface area contributed by atoms with Crippen LogP contribution < -0.4 is 10.1 Å². The summed E-state index contributed by atoms with van der Waals surface area (Å²) in [5.41, 5.74) is 2.49. The predicted octanol–water partition coefficient (Wildman–Crippen LogP) is 5.34. The maximum Gasteiger partial charge on any atom is 0.138 e. The van der Waals surface area contributed by atoms with Crippen molar-refractivity contribution in [1.29, 1.82) is 0 Å². The van der Waals surface area contributed by atoms with E-state index in [4.69, 9.17) is 16.3 Å². The molecule has 2 aromatic rings. The minimum atomic E-state index is 0.0325. The third kappa shape index (κ3) is 4.40. The average molecular weight is 304 g/mol. The maximum atomic E-state index is 6.11. The highest BCUT2D eigenvalue weighted by atomic mass is 35.5. The fourth-order valence-corrected chi connectivity index (χ4v) is 2.39. The summed E-state index contributed by atoms with van der Waals surface area (Å²) >= 11 is 6.11. The number of hydrogen-bond donors (Lipinski definition) is 1. The van der Waals surface area contributed by atoms with E-state index in [2.05, 4.69) is 37.4 Å². The van der Waals surface area contributed by atoms with Crippen molar-refractivity contribution in [2.24, 2.45) is 0 Å². The lowest BCUT2D eigenvalue weighted by Gasteiger charge is -2.19. The van der Waals surface area contributed by atoms with Gasteiger partial charge in [-0.2, -0.15) is 0 Å². The zero-order valence-electron chi connectivity index (χ0n) is 12.8. The molecule has 3 heteroatoms. The number of halogens is 1. The quantitative estimate of drug-likeness (QED) is 0.777. The molecule has 0 radical (unpaired) electrons. The Bertz CT molecular complexity index is 583. The molecule has 2 rings (SSSR count). The molecule has 0 heterocycles. The minimum Gasteiger partial charge on any atom is -0.487 e. The average Bonchev–Trinajstić information content (AvgIpc) is 2.48. The van der Waals surface area contributed by atoms with E-state index >= 15 is 0 Å². The Balaban J connectivity index is 1.96. The smallest absolute Gasteiger partial charge is 0.138 e. The van der Waals surface area contributed by atoms with E-state index in [1.807, 2.05) is 37.3 Å². The molecule has 0 saturated heterocycles. The molecule has 0 amide bonds. The first-order valence-corrected chi connectivity index (χ1v) is 7.69. The van der Waals surface area contributed by atoms with E-state index in [1.165, 1.54) is 11.3 Å². The van der Waals surface area contributed by atoms with Crippen LogP contribution in [-0.4, -0.2) is 12.6 Å². The van der Waals surface area contributed by atoms with Crippen LogP contribution >= 0.6 is 11.6 Å². The van der Waals surface area contributed by atoms with Crippen molar-refractivity contribution in [1.82, 2.24) is 0 Å². The van der Waals surface area contributed by atoms with Crippen LogP contribution in [0.3, 0.4) is 0 Å². The number of nitrogens with one attached hydrogen (secondary N) is 1. The van der Waals surface area contributed by atoms with Gasteiger partial charge >= 0.3 is 0 Å². The van der Waals surface area contributed by atoms with Gasteiger partial charge < -0.3 is 10.1 Å². The second kappa shape index (κ2) is 7.37. The van der Waals surface area contributed by atoms with Gasteiger partial charge in [-0.1, -0.05) is 55.8 Å². The molecule has 112 valence electrons. The van der Waals surface area contributed by atoms with Crippen molar-refractivity contribution >= 4 is 17.3 Å². The molecule has 0 unspecified atom stereocenters. The Kier molecular flexibility index (Phi) is 5.51. The Morgan fingerprint density at radius 2 is 1.67 bits per heavy atom. The summed E-state index contributed by atoms with van der Waals surface area (Å²) in [7, 11) is 0. The molecule has 2 aromatic carbocycles. The normalized spacial score (nSPS) is 12.2. The molecule has 1 atom stereocenters. The summed E-state index contributed by atoms with van der Waals surface area (Å²) in [6, 6.07) is 15.9. The predicted molar refractivity (Wildman–Crippen MR) is 90.6 cm³/mol. The molecule has 2 nitrogen and oxygen atoms in total. The van der Waals surface area contributed by atoms with Crippen molar-refractivity contribution in [3.63, 3.8) is 0 Å². The summed E-state index contributed by atoms with van der Waals surface area (Å²) < 4.78 is 5.87. The summed E-state index contributed by atoms with van der Waals surface area (Å²) in [4.78, 5) is 0. The molecular weight excluding hydrogens is 282 g/mol. The molecule has 0 fully saturated rings. The molecule has 0 bridgehead atoms. The minimum absolute atomic E-state index is 0.0325. The molecule has 0 aliphatic heterocycles. The van der Waals surface area contributed by atoms with E-state index in [1.54, 1.807) is 0 Å². The first kappa shape index (κ1) is 15.7. The lowest BCUT2D eigenvalue weighted by molar-refractivity contribution is 0.235. The van der Waals surface area contributed by atoms with Crippen molar-refractivity contribution < 1.29 is 4.74 Å². The summed E-state index contributed by atoms with van der Waals surface area (Å²) in [6.45, 7) is 7.16. The van der Waals surface area contributed by atoms with Gasteiger partial charge in [-0.15, -0.1) is 0 Å². The third-order valence-electron chi connectivity index (χ3n) is 3.33. The van der Waals surface area contributed by atoms with E-state index in [0.717, 1.165) is 12.3 Å². The van der Waals surface area contributed by atoms with Crippen molar-refractivity contribution in [2.75, 3.05) is 11.9 Å². The van der Waals surface area contributed by atoms with Crippen molar-refractivity contribution in [2.45, 2.75) is 32.8 Å². The van der Waals surface area contributed by atoms with Crippen LogP contribution in [-0.2, 0) is 0 Å². The van der Waals surface area contributed by atoms with E-state index in [0.29, 0.717) is 10.9 Å². The number of para-hydroxylation sites is 2. The van der Waals surface area contributed by atoms with Crippen molar-refractivity contribution in [3.8, 4) is 5.75 Å². The van der Waals surface area contributed by atoms with Crippen LogP contribution in [0.1, 0.15) is 32.3 Å². The number of hydrogen-bond acceptors (Lipinski definition) is 2. The molecule has 0 aromatic heterocycles. The summed E-state index contributed by atoms with van der Waals surface area (Å²) in [5, 5.41) is 4.11. The Labute approximate surface area is 132 Å². The van der Waals surface area contributed by atoms with Gasteiger partial charge in [-0.05, 0) is 36.6 Å². The largest absolute Gasteiger partial charge is 0.487 e. The van der Waals surface area contributed by atoms with Gasteiger partial charge in [0, 0.05) is 5.69 Å². The van der Waals surface area contributed by atoms with Crippen LogP contribution in [0.25, 0.3) is 0 Å². The molecular formula is C18H22ClNO. The first-order valence-electron chi connectivity index (χ1n) is 7.32. The number of benzene rings is 2. The van der Waals surface area contributed by atoms with Crippen LogP contribution in [0.5, 0.6) is 5.75 Å². The zero-order valence-corrected chi connectivity index (χ0v) is 13.5.